The Morgan fingerprint density at radius 1 is 0.962 bits per heavy atom. The molecule has 0 spiro atoms. The van der Waals surface area contributed by atoms with Gasteiger partial charge in [0.05, 0.1) is 0 Å². The molecule has 0 saturated carbocycles. The molecule has 6 nitrogen and oxygen atoms in total. The normalized spacial score (nSPS) is 14.7. The number of piperazine rings is 1. The first-order valence-electron chi connectivity index (χ1n) is 9.00. The second kappa shape index (κ2) is 8.19. The Kier molecular flexibility index (Phi) is 5.73. The van der Waals surface area contributed by atoms with Gasteiger partial charge in [-0.1, -0.05) is 6.07 Å². The van der Waals surface area contributed by atoms with E-state index in [2.05, 4.69) is 0 Å². The number of carbonyl (C=O) groups is 2. The van der Waals surface area contributed by atoms with Crippen LogP contribution in [-0.4, -0.2) is 77.9 Å². The SMILES string of the molecule is CN(C)CCC(=O)N1CCN(C(=O)c2cccc(-n3cccc3)c2)CC1. The number of nitrogens with zero attached hydrogens (tertiary/aromatic N) is 4. The third kappa shape index (κ3) is 4.32. The van der Waals surface area contributed by atoms with Gasteiger partial charge < -0.3 is 19.3 Å². The average molecular weight is 354 g/mol. The number of benzene rings is 1. The van der Waals surface area contributed by atoms with E-state index in [1.54, 1.807) is 0 Å². The quantitative estimate of drug-likeness (QED) is 0.821. The zero-order valence-electron chi connectivity index (χ0n) is 15.5. The molecular formula is C20H26N4O2. The van der Waals surface area contributed by atoms with Crippen LogP contribution in [-0.2, 0) is 4.79 Å². The predicted octanol–water partition coefficient (Wildman–Crippen LogP) is 1.71. The maximum atomic E-state index is 12.8. The molecule has 3 rings (SSSR count). The van der Waals surface area contributed by atoms with Crippen LogP contribution in [0.25, 0.3) is 5.69 Å². The molecule has 2 heterocycles. The molecule has 26 heavy (non-hydrogen) atoms. The van der Waals surface area contributed by atoms with Crippen LogP contribution in [0.15, 0.2) is 48.8 Å². The molecule has 1 aromatic heterocycles. The standard InChI is InChI=1S/C20H26N4O2/c1-21(2)11-8-19(25)23-12-14-24(15-13-23)20(26)17-6-5-7-18(16-17)22-9-3-4-10-22/h3-7,9-10,16H,8,11-15H2,1-2H3. The summed E-state index contributed by atoms with van der Waals surface area (Å²) in [5, 5.41) is 0. The van der Waals surface area contributed by atoms with Crippen LogP contribution in [0, 0.1) is 0 Å². The van der Waals surface area contributed by atoms with E-state index in [0.717, 1.165) is 12.2 Å². The molecule has 0 unspecified atom stereocenters. The highest BCUT2D eigenvalue weighted by Gasteiger charge is 2.24. The van der Waals surface area contributed by atoms with E-state index in [0.29, 0.717) is 38.2 Å². The summed E-state index contributed by atoms with van der Waals surface area (Å²) in [5.41, 5.74) is 1.65. The first-order chi connectivity index (χ1) is 12.5. The maximum absolute atomic E-state index is 12.8. The largest absolute Gasteiger partial charge is 0.339 e. The summed E-state index contributed by atoms with van der Waals surface area (Å²) in [6, 6.07) is 11.6. The molecule has 6 heteroatoms. The Hall–Kier alpha value is -2.60. The number of hydrogen-bond donors (Lipinski definition) is 0. The van der Waals surface area contributed by atoms with Gasteiger partial charge in [-0.25, -0.2) is 0 Å². The number of carbonyl (C=O) groups excluding carboxylic acids is 2. The molecular weight excluding hydrogens is 328 g/mol. The smallest absolute Gasteiger partial charge is 0.254 e. The Morgan fingerprint density at radius 3 is 2.27 bits per heavy atom. The van der Waals surface area contributed by atoms with Gasteiger partial charge in [-0.3, -0.25) is 9.59 Å². The summed E-state index contributed by atoms with van der Waals surface area (Å²) >= 11 is 0. The maximum Gasteiger partial charge on any atom is 0.254 e. The molecule has 1 saturated heterocycles. The van der Waals surface area contributed by atoms with Gasteiger partial charge in [0.25, 0.3) is 5.91 Å². The van der Waals surface area contributed by atoms with Crippen molar-refractivity contribution in [1.82, 2.24) is 19.3 Å². The third-order valence-corrected chi connectivity index (χ3v) is 4.69. The molecule has 0 bridgehead atoms. The summed E-state index contributed by atoms with van der Waals surface area (Å²) in [6.45, 7) is 3.13. The van der Waals surface area contributed by atoms with E-state index in [9.17, 15) is 9.59 Å². The highest BCUT2D eigenvalue weighted by molar-refractivity contribution is 5.95. The molecule has 0 radical (unpaired) electrons. The first-order valence-corrected chi connectivity index (χ1v) is 9.00. The molecule has 138 valence electrons. The minimum Gasteiger partial charge on any atom is -0.339 e. The molecule has 2 aromatic rings. The fourth-order valence-electron chi connectivity index (χ4n) is 3.13. The van der Waals surface area contributed by atoms with Crippen molar-refractivity contribution in [3.05, 3.63) is 54.4 Å². The molecule has 1 aliphatic rings. The van der Waals surface area contributed by atoms with Gasteiger partial charge in [-0.15, -0.1) is 0 Å². The van der Waals surface area contributed by atoms with Crippen LogP contribution >= 0.6 is 0 Å². The molecule has 1 aromatic carbocycles. The van der Waals surface area contributed by atoms with Crippen LogP contribution in [0.2, 0.25) is 0 Å². The lowest BCUT2D eigenvalue weighted by Crippen LogP contribution is -2.50. The second-order valence-corrected chi connectivity index (χ2v) is 6.87. The van der Waals surface area contributed by atoms with Crippen molar-refractivity contribution in [3.63, 3.8) is 0 Å². The van der Waals surface area contributed by atoms with Crippen molar-refractivity contribution < 1.29 is 9.59 Å². The summed E-state index contributed by atoms with van der Waals surface area (Å²) < 4.78 is 1.98. The van der Waals surface area contributed by atoms with Crippen LogP contribution in [0.4, 0.5) is 0 Å². The molecule has 0 atom stereocenters. The van der Waals surface area contributed by atoms with Crippen LogP contribution in [0.3, 0.4) is 0 Å². The van der Waals surface area contributed by atoms with Crippen LogP contribution < -0.4 is 0 Å². The second-order valence-electron chi connectivity index (χ2n) is 6.87. The van der Waals surface area contributed by atoms with Crippen molar-refractivity contribution in [1.29, 1.82) is 0 Å². The predicted molar refractivity (Wildman–Crippen MR) is 101 cm³/mol. The number of amides is 2. The van der Waals surface area contributed by atoms with Crippen LogP contribution in [0.5, 0.6) is 0 Å². The molecule has 0 N–H and O–H groups in total. The van der Waals surface area contributed by atoms with Crippen molar-refractivity contribution >= 4 is 11.8 Å². The van der Waals surface area contributed by atoms with E-state index in [4.69, 9.17) is 0 Å². The van der Waals surface area contributed by atoms with E-state index in [1.807, 2.05) is 82.2 Å². The monoisotopic (exact) mass is 354 g/mol. The molecule has 0 aliphatic carbocycles. The topological polar surface area (TPSA) is 48.8 Å². The lowest BCUT2D eigenvalue weighted by molar-refractivity contribution is -0.132. The Bertz CT molecular complexity index is 747. The lowest BCUT2D eigenvalue weighted by atomic mass is 10.1. The van der Waals surface area contributed by atoms with Gasteiger partial charge in [0.2, 0.25) is 5.91 Å². The summed E-state index contributed by atoms with van der Waals surface area (Å²) in [4.78, 5) is 30.7. The highest BCUT2D eigenvalue weighted by atomic mass is 16.2. The van der Waals surface area contributed by atoms with Gasteiger partial charge in [-0.05, 0) is 44.4 Å². The minimum atomic E-state index is 0.0272. The van der Waals surface area contributed by atoms with E-state index in [1.165, 1.54) is 0 Å². The molecule has 2 amide bonds. The van der Waals surface area contributed by atoms with Crippen molar-refractivity contribution in [2.45, 2.75) is 6.42 Å². The van der Waals surface area contributed by atoms with E-state index in [-0.39, 0.29) is 11.8 Å². The van der Waals surface area contributed by atoms with E-state index >= 15 is 0 Å². The fourth-order valence-corrected chi connectivity index (χ4v) is 3.13. The van der Waals surface area contributed by atoms with Crippen molar-refractivity contribution in [3.8, 4) is 5.69 Å². The zero-order valence-corrected chi connectivity index (χ0v) is 15.5. The summed E-state index contributed by atoms with van der Waals surface area (Å²) in [5.74, 6) is 0.194. The Morgan fingerprint density at radius 2 is 1.62 bits per heavy atom. The number of rotatable bonds is 5. The van der Waals surface area contributed by atoms with Gasteiger partial charge in [0.1, 0.15) is 0 Å². The Balaban J connectivity index is 1.59. The van der Waals surface area contributed by atoms with Gasteiger partial charge in [0.15, 0.2) is 0 Å². The summed E-state index contributed by atoms with van der Waals surface area (Å²) in [7, 11) is 3.93. The highest BCUT2D eigenvalue weighted by Crippen LogP contribution is 2.14. The van der Waals surface area contributed by atoms with Gasteiger partial charge >= 0.3 is 0 Å². The first kappa shape index (κ1) is 18.2. The van der Waals surface area contributed by atoms with Gasteiger partial charge in [-0.2, -0.15) is 0 Å². The van der Waals surface area contributed by atoms with E-state index < -0.39 is 0 Å². The van der Waals surface area contributed by atoms with Crippen LogP contribution in [0.1, 0.15) is 16.8 Å². The fraction of sp³-hybridized carbons (Fsp3) is 0.400. The van der Waals surface area contributed by atoms with Gasteiger partial charge in [0, 0.05) is 62.8 Å². The number of hydrogen-bond acceptors (Lipinski definition) is 3. The van der Waals surface area contributed by atoms with Crippen molar-refractivity contribution in [2.24, 2.45) is 0 Å². The zero-order chi connectivity index (χ0) is 18.5. The molecule has 1 fully saturated rings. The lowest BCUT2D eigenvalue weighted by Gasteiger charge is -2.35. The average Bonchev–Trinajstić information content (AvgIpc) is 3.20. The molecule has 1 aliphatic heterocycles. The third-order valence-electron chi connectivity index (χ3n) is 4.69. The number of aromatic nitrogens is 1. The Labute approximate surface area is 154 Å². The minimum absolute atomic E-state index is 0.0272. The van der Waals surface area contributed by atoms with Crippen molar-refractivity contribution in [2.75, 3.05) is 46.8 Å². The summed E-state index contributed by atoms with van der Waals surface area (Å²) in [6.07, 6.45) is 4.45.